The van der Waals surface area contributed by atoms with Gasteiger partial charge in [0.15, 0.2) is 0 Å². The molecular formula is C17H22N4O2. The van der Waals surface area contributed by atoms with Crippen LogP contribution in [-0.4, -0.2) is 40.1 Å². The summed E-state index contributed by atoms with van der Waals surface area (Å²) in [6.45, 7) is 5.38. The first-order valence-electron chi connectivity index (χ1n) is 8.05. The van der Waals surface area contributed by atoms with Crippen molar-refractivity contribution in [3.8, 4) is 0 Å². The van der Waals surface area contributed by atoms with Gasteiger partial charge in [-0.15, -0.1) is 0 Å². The third-order valence-corrected chi connectivity index (χ3v) is 3.98. The van der Waals surface area contributed by atoms with E-state index in [2.05, 4.69) is 19.9 Å². The van der Waals surface area contributed by atoms with Crippen LogP contribution in [0.4, 0.5) is 5.82 Å². The van der Waals surface area contributed by atoms with E-state index in [9.17, 15) is 4.79 Å². The van der Waals surface area contributed by atoms with E-state index in [0.717, 1.165) is 31.8 Å². The highest BCUT2D eigenvalue weighted by Crippen LogP contribution is 2.29. The van der Waals surface area contributed by atoms with Gasteiger partial charge in [-0.25, -0.2) is 14.8 Å². The maximum Gasteiger partial charge on any atom is 0.342 e. The minimum absolute atomic E-state index is 0.146. The van der Waals surface area contributed by atoms with E-state index < -0.39 is 0 Å². The Morgan fingerprint density at radius 1 is 1.39 bits per heavy atom. The second kappa shape index (κ2) is 6.81. The van der Waals surface area contributed by atoms with Gasteiger partial charge in [0.25, 0.3) is 0 Å². The number of rotatable bonds is 4. The van der Waals surface area contributed by atoms with Crippen LogP contribution in [-0.2, 0) is 4.74 Å². The van der Waals surface area contributed by atoms with E-state index in [1.807, 2.05) is 20.0 Å². The maximum atomic E-state index is 12.3. The van der Waals surface area contributed by atoms with Gasteiger partial charge in [0.05, 0.1) is 6.10 Å². The van der Waals surface area contributed by atoms with Crippen LogP contribution in [0.15, 0.2) is 30.7 Å². The average molecular weight is 314 g/mol. The molecule has 0 spiro atoms. The summed E-state index contributed by atoms with van der Waals surface area (Å²) in [5.41, 5.74) is 0.529. The minimum Gasteiger partial charge on any atom is -0.459 e. The molecule has 6 nitrogen and oxygen atoms in total. The van der Waals surface area contributed by atoms with Crippen LogP contribution in [0.2, 0.25) is 0 Å². The third kappa shape index (κ3) is 3.52. The Kier molecular flexibility index (Phi) is 4.60. The first kappa shape index (κ1) is 15.5. The topological polar surface area (TPSA) is 71.1 Å². The number of nitrogens with one attached hydrogen (secondary N) is 1. The van der Waals surface area contributed by atoms with Gasteiger partial charge < -0.3 is 14.6 Å². The van der Waals surface area contributed by atoms with Gasteiger partial charge in [-0.05, 0) is 38.8 Å². The lowest BCUT2D eigenvalue weighted by atomic mass is 9.97. The number of anilines is 1. The number of H-pyrrole nitrogens is 1. The number of imidazole rings is 1. The van der Waals surface area contributed by atoms with Crippen molar-refractivity contribution in [1.82, 2.24) is 15.0 Å². The van der Waals surface area contributed by atoms with E-state index in [-0.39, 0.29) is 12.1 Å². The number of pyridine rings is 1. The van der Waals surface area contributed by atoms with E-state index in [1.165, 1.54) is 0 Å². The smallest absolute Gasteiger partial charge is 0.342 e. The first-order valence-corrected chi connectivity index (χ1v) is 8.05. The molecular weight excluding hydrogens is 292 g/mol. The molecule has 1 saturated heterocycles. The zero-order valence-electron chi connectivity index (χ0n) is 13.5. The quantitative estimate of drug-likeness (QED) is 0.879. The summed E-state index contributed by atoms with van der Waals surface area (Å²) < 4.78 is 5.34. The fourth-order valence-electron chi connectivity index (χ4n) is 2.98. The average Bonchev–Trinajstić information content (AvgIpc) is 3.09. The highest BCUT2D eigenvalue weighted by Gasteiger charge is 2.27. The molecule has 0 aromatic carbocycles. The molecule has 0 saturated carbocycles. The molecule has 0 radical (unpaired) electrons. The Balaban J connectivity index is 1.82. The van der Waals surface area contributed by atoms with Gasteiger partial charge in [-0.2, -0.15) is 0 Å². The van der Waals surface area contributed by atoms with Gasteiger partial charge in [0.2, 0.25) is 0 Å². The highest BCUT2D eigenvalue weighted by atomic mass is 16.5. The molecule has 0 amide bonds. The van der Waals surface area contributed by atoms with Crippen LogP contribution in [0.25, 0.3) is 0 Å². The van der Waals surface area contributed by atoms with Crippen molar-refractivity contribution < 1.29 is 9.53 Å². The van der Waals surface area contributed by atoms with E-state index in [0.29, 0.717) is 17.3 Å². The largest absolute Gasteiger partial charge is 0.459 e. The Labute approximate surface area is 135 Å². The molecule has 122 valence electrons. The van der Waals surface area contributed by atoms with E-state index >= 15 is 0 Å². The SMILES string of the molecule is CC(C)OC(=O)c1cccnc1N1CCCC(c2ncc[nH]2)C1. The molecule has 0 bridgehead atoms. The Morgan fingerprint density at radius 2 is 2.26 bits per heavy atom. The molecule has 1 aliphatic rings. The van der Waals surface area contributed by atoms with Gasteiger partial charge in [0, 0.05) is 37.6 Å². The number of ether oxygens (including phenoxy) is 1. The number of aromatic nitrogens is 3. The van der Waals surface area contributed by atoms with Crippen molar-refractivity contribution in [3.05, 3.63) is 42.1 Å². The number of piperidine rings is 1. The molecule has 0 aliphatic carbocycles. The third-order valence-electron chi connectivity index (χ3n) is 3.98. The molecule has 23 heavy (non-hydrogen) atoms. The zero-order valence-corrected chi connectivity index (χ0v) is 13.5. The first-order chi connectivity index (χ1) is 11.1. The van der Waals surface area contributed by atoms with E-state index in [4.69, 9.17) is 4.74 Å². The van der Waals surface area contributed by atoms with Gasteiger partial charge >= 0.3 is 5.97 Å². The summed E-state index contributed by atoms with van der Waals surface area (Å²) in [6, 6.07) is 3.55. The van der Waals surface area contributed by atoms with Crippen LogP contribution in [0.3, 0.4) is 0 Å². The predicted molar refractivity (Wildman–Crippen MR) is 87.6 cm³/mol. The Morgan fingerprint density at radius 3 is 3.00 bits per heavy atom. The molecule has 1 atom stereocenters. The monoisotopic (exact) mass is 314 g/mol. The molecule has 3 heterocycles. The van der Waals surface area contributed by atoms with Crippen molar-refractivity contribution in [2.45, 2.75) is 38.7 Å². The number of carbonyl (C=O) groups excluding carboxylic acids is 1. The fraction of sp³-hybridized carbons (Fsp3) is 0.471. The predicted octanol–water partition coefficient (Wildman–Crippen LogP) is 2.75. The minimum atomic E-state index is -0.316. The second-order valence-electron chi connectivity index (χ2n) is 6.09. The maximum absolute atomic E-state index is 12.3. The number of hydrogen-bond donors (Lipinski definition) is 1. The van der Waals surface area contributed by atoms with Gasteiger partial charge in [-0.1, -0.05) is 0 Å². The summed E-state index contributed by atoms with van der Waals surface area (Å²) in [4.78, 5) is 26.5. The van der Waals surface area contributed by atoms with Gasteiger partial charge in [0.1, 0.15) is 17.2 Å². The lowest BCUT2D eigenvalue weighted by Gasteiger charge is -2.33. The van der Waals surface area contributed by atoms with Gasteiger partial charge in [-0.3, -0.25) is 0 Å². The van der Waals surface area contributed by atoms with Crippen molar-refractivity contribution in [1.29, 1.82) is 0 Å². The number of hydrogen-bond acceptors (Lipinski definition) is 5. The number of esters is 1. The normalized spacial score (nSPS) is 18.2. The van der Waals surface area contributed by atoms with Crippen molar-refractivity contribution >= 4 is 11.8 Å². The summed E-state index contributed by atoms with van der Waals surface area (Å²) in [5.74, 6) is 1.71. The lowest BCUT2D eigenvalue weighted by molar-refractivity contribution is 0.0378. The fourth-order valence-corrected chi connectivity index (χ4v) is 2.98. The number of carbonyl (C=O) groups is 1. The van der Waals surface area contributed by atoms with Crippen LogP contribution in [0.5, 0.6) is 0 Å². The molecule has 6 heteroatoms. The molecule has 1 unspecified atom stereocenters. The second-order valence-corrected chi connectivity index (χ2v) is 6.09. The zero-order chi connectivity index (χ0) is 16.2. The molecule has 2 aromatic rings. The van der Waals surface area contributed by atoms with Crippen molar-refractivity contribution in [2.24, 2.45) is 0 Å². The lowest BCUT2D eigenvalue weighted by Crippen LogP contribution is -2.36. The summed E-state index contributed by atoms with van der Waals surface area (Å²) >= 11 is 0. The molecule has 1 fully saturated rings. The number of nitrogens with zero attached hydrogens (tertiary/aromatic N) is 3. The molecule has 3 rings (SSSR count). The Bertz CT molecular complexity index is 654. The summed E-state index contributed by atoms with van der Waals surface area (Å²) in [5, 5.41) is 0. The Hall–Kier alpha value is -2.37. The summed E-state index contributed by atoms with van der Waals surface area (Å²) in [7, 11) is 0. The molecule has 1 N–H and O–H groups in total. The van der Waals surface area contributed by atoms with Crippen LogP contribution in [0, 0.1) is 0 Å². The molecule has 2 aromatic heterocycles. The number of aromatic amines is 1. The summed E-state index contributed by atoms with van der Waals surface area (Å²) in [6.07, 6.45) is 7.33. The van der Waals surface area contributed by atoms with Crippen molar-refractivity contribution in [2.75, 3.05) is 18.0 Å². The van der Waals surface area contributed by atoms with Crippen LogP contribution >= 0.6 is 0 Å². The van der Waals surface area contributed by atoms with Crippen LogP contribution in [0.1, 0.15) is 48.8 Å². The molecule has 1 aliphatic heterocycles. The highest BCUT2D eigenvalue weighted by molar-refractivity contribution is 5.94. The van der Waals surface area contributed by atoms with Crippen molar-refractivity contribution in [3.63, 3.8) is 0 Å². The van der Waals surface area contributed by atoms with E-state index in [1.54, 1.807) is 24.5 Å². The standard InChI is InChI=1S/C17H22N4O2/c1-12(2)23-17(22)14-6-3-7-20-16(14)21-10-4-5-13(11-21)15-18-8-9-19-15/h3,6-9,12-13H,4-5,10-11H2,1-2H3,(H,18,19). The van der Waals surface area contributed by atoms with Crippen LogP contribution < -0.4 is 4.90 Å².